The molecule has 0 radical (unpaired) electrons. The summed E-state index contributed by atoms with van der Waals surface area (Å²) in [7, 11) is 0. The minimum atomic E-state index is -0.641. The molecule has 1 aromatic rings. The van der Waals surface area contributed by atoms with Crippen molar-refractivity contribution in [3.05, 3.63) is 32.8 Å². The van der Waals surface area contributed by atoms with Crippen LogP contribution in [0.25, 0.3) is 0 Å². The fourth-order valence-electron chi connectivity index (χ4n) is 2.00. The van der Waals surface area contributed by atoms with E-state index in [1.54, 1.807) is 0 Å². The highest BCUT2D eigenvalue weighted by molar-refractivity contribution is 6.34. The molecule has 0 aliphatic heterocycles. The number of carbonyl (C=O) groups excluding carboxylic acids is 1. The van der Waals surface area contributed by atoms with Gasteiger partial charge in [0.2, 0.25) is 0 Å². The number of nitrogens with one attached hydrogen (secondary N) is 2. The van der Waals surface area contributed by atoms with Gasteiger partial charge in [-0.05, 0) is 18.4 Å². The van der Waals surface area contributed by atoms with Crippen LogP contribution >= 0.6 is 11.6 Å². The molecule has 0 heterocycles. The van der Waals surface area contributed by atoms with Gasteiger partial charge in [-0.15, -0.1) is 0 Å². The molecular formula is C13H19ClN4O3. The maximum atomic E-state index is 12.2. The van der Waals surface area contributed by atoms with Gasteiger partial charge in [0.15, 0.2) is 0 Å². The molecule has 0 aromatic heterocycles. The van der Waals surface area contributed by atoms with Gasteiger partial charge < -0.3 is 10.7 Å². The molecule has 0 aliphatic carbocycles. The topological polar surface area (TPSA) is 110 Å². The summed E-state index contributed by atoms with van der Waals surface area (Å²) < 4.78 is 0. The van der Waals surface area contributed by atoms with Gasteiger partial charge in [-0.1, -0.05) is 32.4 Å². The molecule has 8 heteroatoms. The highest BCUT2D eigenvalue weighted by Crippen LogP contribution is 2.33. The number of halogens is 1. The Morgan fingerprint density at radius 3 is 2.52 bits per heavy atom. The molecule has 0 saturated carbocycles. The number of hydrogen-bond donors (Lipinski definition) is 3. The van der Waals surface area contributed by atoms with Crippen LogP contribution in [0.5, 0.6) is 0 Å². The second-order valence-corrected chi connectivity index (χ2v) is 5.39. The summed E-state index contributed by atoms with van der Waals surface area (Å²) in [5, 5.41) is 13.9. The first-order valence-electron chi connectivity index (χ1n) is 6.57. The van der Waals surface area contributed by atoms with Crippen molar-refractivity contribution in [1.82, 2.24) is 5.32 Å². The van der Waals surface area contributed by atoms with Gasteiger partial charge in [0, 0.05) is 17.7 Å². The summed E-state index contributed by atoms with van der Waals surface area (Å²) in [5.41, 5.74) is 1.95. The van der Waals surface area contributed by atoms with Crippen molar-refractivity contribution in [2.75, 3.05) is 5.43 Å². The van der Waals surface area contributed by atoms with Crippen LogP contribution in [0.15, 0.2) is 12.1 Å². The van der Waals surface area contributed by atoms with Crippen molar-refractivity contribution in [2.24, 2.45) is 11.8 Å². The summed E-state index contributed by atoms with van der Waals surface area (Å²) in [4.78, 5) is 22.6. The zero-order chi connectivity index (χ0) is 16.2. The Hall–Kier alpha value is -1.86. The summed E-state index contributed by atoms with van der Waals surface area (Å²) in [6.07, 6.45) is 0.766. The van der Waals surface area contributed by atoms with Gasteiger partial charge >= 0.3 is 0 Å². The van der Waals surface area contributed by atoms with Crippen molar-refractivity contribution in [3.8, 4) is 0 Å². The molecule has 116 valence electrons. The number of nitro groups is 1. The number of benzene rings is 1. The van der Waals surface area contributed by atoms with Crippen molar-refractivity contribution in [3.63, 3.8) is 0 Å². The van der Waals surface area contributed by atoms with Crippen LogP contribution in [0.1, 0.15) is 37.6 Å². The molecule has 7 nitrogen and oxygen atoms in total. The molecule has 1 rings (SSSR count). The largest absolute Gasteiger partial charge is 0.349 e. The van der Waals surface area contributed by atoms with E-state index in [4.69, 9.17) is 17.4 Å². The smallest absolute Gasteiger partial charge is 0.295 e. The average molecular weight is 315 g/mol. The molecule has 0 fully saturated rings. The average Bonchev–Trinajstić information content (AvgIpc) is 2.42. The summed E-state index contributed by atoms with van der Waals surface area (Å²) in [6, 6.07) is 2.50. The third-order valence-electron chi connectivity index (χ3n) is 3.23. The van der Waals surface area contributed by atoms with Crippen molar-refractivity contribution < 1.29 is 9.72 Å². The van der Waals surface area contributed by atoms with Crippen LogP contribution in [0.2, 0.25) is 5.02 Å². The monoisotopic (exact) mass is 314 g/mol. The second-order valence-electron chi connectivity index (χ2n) is 4.99. The van der Waals surface area contributed by atoms with Crippen LogP contribution in [-0.4, -0.2) is 16.9 Å². The minimum Gasteiger partial charge on any atom is -0.349 e. The quantitative estimate of drug-likeness (QED) is 0.425. The van der Waals surface area contributed by atoms with E-state index in [2.05, 4.69) is 10.7 Å². The lowest BCUT2D eigenvalue weighted by Crippen LogP contribution is -2.38. The third kappa shape index (κ3) is 4.05. The van der Waals surface area contributed by atoms with Crippen LogP contribution in [-0.2, 0) is 0 Å². The van der Waals surface area contributed by atoms with E-state index in [0.717, 1.165) is 12.5 Å². The highest BCUT2D eigenvalue weighted by atomic mass is 35.5. The number of nitrogen functional groups attached to an aromatic ring is 1. The van der Waals surface area contributed by atoms with Crippen molar-refractivity contribution >= 4 is 28.9 Å². The number of nitro benzene ring substituents is 1. The maximum Gasteiger partial charge on any atom is 0.295 e. The molecular weight excluding hydrogens is 296 g/mol. The minimum absolute atomic E-state index is 0.0114. The zero-order valence-corrected chi connectivity index (χ0v) is 12.9. The Balaban J connectivity index is 3.14. The lowest BCUT2D eigenvalue weighted by atomic mass is 10.0. The zero-order valence-electron chi connectivity index (χ0n) is 12.1. The molecule has 0 spiro atoms. The Morgan fingerprint density at radius 2 is 2.10 bits per heavy atom. The Bertz CT molecular complexity index is 548. The van der Waals surface area contributed by atoms with Crippen molar-refractivity contribution in [2.45, 2.75) is 33.2 Å². The predicted molar refractivity (Wildman–Crippen MR) is 82.3 cm³/mol. The van der Waals surface area contributed by atoms with Crippen molar-refractivity contribution in [1.29, 1.82) is 0 Å². The fraction of sp³-hybridized carbons (Fsp3) is 0.462. The number of nitrogens with two attached hydrogens (primary N) is 1. The number of carbonyl (C=O) groups is 1. The highest BCUT2D eigenvalue weighted by Gasteiger charge is 2.22. The first-order valence-corrected chi connectivity index (χ1v) is 6.95. The molecule has 21 heavy (non-hydrogen) atoms. The predicted octanol–water partition coefficient (Wildman–Crippen LogP) is 2.70. The van der Waals surface area contributed by atoms with E-state index in [1.807, 2.05) is 20.8 Å². The first kappa shape index (κ1) is 17.2. The molecule has 1 aromatic carbocycles. The molecule has 0 bridgehead atoms. The molecule has 4 N–H and O–H groups in total. The lowest BCUT2D eigenvalue weighted by Gasteiger charge is -2.20. The summed E-state index contributed by atoms with van der Waals surface area (Å²) >= 11 is 5.93. The number of rotatable bonds is 6. The molecule has 1 atom stereocenters. The van der Waals surface area contributed by atoms with E-state index in [0.29, 0.717) is 0 Å². The second kappa shape index (κ2) is 7.24. The van der Waals surface area contributed by atoms with Crippen LogP contribution in [0.3, 0.4) is 0 Å². The summed E-state index contributed by atoms with van der Waals surface area (Å²) in [6.45, 7) is 5.94. The maximum absolute atomic E-state index is 12.2. The Labute approximate surface area is 128 Å². The van der Waals surface area contributed by atoms with E-state index in [-0.39, 0.29) is 33.9 Å². The normalized spacial score (nSPS) is 12.1. The SMILES string of the molecule is CCC(NC(=O)c1cc(Cl)c(NN)c([N+](=O)[O-])c1)C(C)C. The van der Waals surface area contributed by atoms with Gasteiger partial charge in [-0.25, -0.2) is 0 Å². The first-order chi connectivity index (χ1) is 9.81. The number of nitrogens with zero attached hydrogens (tertiary/aromatic N) is 1. The van der Waals surface area contributed by atoms with E-state index in [9.17, 15) is 14.9 Å². The Kier molecular flexibility index (Phi) is 5.92. The third-order valence-corrected chi connectivity index (χ3v) is 3.53. The fourth-order valence-corrected chi connectivity index (χ4v) is 2.27. The summed E-state index contributed by atoms with van der Waals surface area (Å²) in [5.74, 6) is 5.08. The number of hydrogen-bond acceptors (Lipinski definition) is 5. The van der Waals surface area contributed by atoms with Gasteiger partial charge in [0.1, 0.15) is 5.69 Å². The number of anilines is 1. The van der Waals surface area contributed by atoms with Gasteiger partial charge in [-0.3, -0.25) is 20.8 Å². The van der Waals surface area contributed by atoms with Crippen LogP contribution in [0, 0.1) is 16.0 Å². The van der Waals surface area contributed by atoms with Gasteiger partial charge in [-0.2, -0.15) is 0 Å². The Morgan fingerprint density at radius 1 is 1.48 bits per heavy atom. The van der Waals surface area contributed by atoms with Crippen LogP contribution < -0.4 is 16.6 Å². The van der Waals surface area contributed by atoms with E-state index >= 15 is 0 Å². The molecule has 1 unspecified atom stereocenters. The lowest BCUT2D eigenvalue weighted by molar-refractivity contribution is -0.384. The number of hydrazine groups is 1. The van der Waals surface area contributed by atoms with Gasteiger partial charge in [0.25, 0.3) is 11.6 Å². The van der Waals surface area contributed by atoms with E-state index in [1.165, 1.54) is 6.07 Å². The van der Waals surface area contributed by atoms with E-state index < -0.39 is 10.8 Å². The molecule has 1 amide bonds. The molecule has 0 aliphatic rings. The van der Waals surface area contributed by atoms with Gasteiger partial charge in [0.05, 0.1) is 9.95 Å². The molecule has 0 saturated heterocycles. The number of amides is 1. The van der Waals surface area contributed by atoms with Crippen LogP contribution in [0.4, 0.5) is 11.4 Å². The standard InChI is InChI=1S/C13H19ClN4O3/c1-4-10(7(2)3)16-13(19)8-5-9(14)12(17-15)11(6-8)18(20)21/h5-7,10,17H,4,15H2,1-3H3,(H,16,19).